The number of hydrogen-bond acceptors (Lipinski definition) is 1. The molecule has 0 aliphatic rings. The second-order valence-electron chi connectivity index (χ2n) is 3.68. The molecule has 0 saturated carbocycles. The SMILES string of the molecule is Clc1ccc(NCc2c(Cl)cccc2Cl)c(Br)c1. The average Bonchev–Trinajstić information content (AvgIpc) is 2.31. The van der Waals surface area contributed by atoms with E-state index >= 15 is 0 Å². The molecule has 1 nitrogen and oxygen atoms in total. The van der Waals surface area contributed by atoms with Gasteiger partial charge < -0.3 is 5.32 Å². The van der Waals surface area contributed by atoms with Gasteiger partial charge in [0, 0.05) is 37.3 Å². The molecule has 0 aliphatic heterocycles. The highest BCUT2D eigenvalue weighted by atomic mass is 79.9. The first-order chi connectivity index (χ1) is 8.58. The molecule has 0 heterocycles. The lowest BCUT2D eigenvalue weighted by Gasteiger charge is -2.11. The Morgan fingerprint density at radius 1 is 1.00 bits per heavy atom. The lowest BCUT2D eigenvalue weighted by molar-refractivity contribution is 1.15. The first-order valence-corrected chi connectivity index (χ1v) is 7.12. The fourth-order valence-electron chi connectivity index (χ4n) is 1.52. The standard InChI is InChI=1S/C13H9BrCl3N/c14-10-6-8(15)4-5-13(10)18-7-9-11(16)2-1-3-12(9)17/h1-6,18H,7H2. The zero-order valence-corrected chi connectivity index (χ0v) is 13.0. The maximum Gasteiger partial charge on any atom is 0.0488 e. The van der Waals surface area contributed by atoms with Gasteiger partial charge in [-0.05, 0) is 46.3 Å². The van der Waals surface area contributed by atoms with Crippen molar-refractivity contribution in [2.45, 2.75) is 6.54 Å². The lowest BCUT2D eigenvalue weighted by Crippen LogP contribution is -2.01. The fraction of sp³-hybridized carbons (Fsp3) is 0.0769. The number of nitrogens with one attached hydrogen (secondary N) is 1. The predicted octanol–water partition coefficient (Wildman–Crippen LogP) is 6.02. The number of benzene rings is 2. The van der Waals surface area contributed by atoms with Crippen LogP contribution in [0.2, 0.25) is 15.1 Å². The quantitative estimate of drug-likeness (QED) is 0.701. The predicted molar refractivity (Wildman–Crippen MR) is 82.9 cm³/mol. The van der Waals surface area contributed by atoms with Crippen molar-refractivity contribution in [3.05, 3.63) is 61.5 Å². The van der Waals surface area contributed by atoms with E-state index in [1.807, 2.05) is 36.4 Å². The molecule has 0 radical (unpaired) electrons. The van der Waals surface area contributed by atoms with Gasteiger partial charge in [0.1, 0.15) is 0 Å². The van der Waals surface area contributed by atoms with E-state index < -0.39 is 0 Å². The van der Waals surface area contributed by atoms with E-state index in [1.165, 1.54) is 0 Å². The smallest absolute Gasteiger partial charge is 0.0488 e. The summed E-state index contributed by atoms with van der Waals surface area (Å²) in [5.74, 6) is 0. The normalized spacial score (nSPS) is 10.4. The zero-order chi connectivity index (χ0) is 13.1. The summed E-state index contributed by atoms with van der Waals surface area (Å²) in [4.78, 5) is 0. The van der Waals surface area contributed by atoms with Crippen LogP contribution < -0.4 is 5.32 Å². The Balaban J connectivity index is 2.16. The summed E-state index contributed by atoms with van der Waals surface area (Å²) in [6, 6.07) is 11.0. The van der Waals surface area contributed by atoms with Crippen molar-refractivity contribution < 1.29 is 0 Å². The Bertz CT molecular complexity index is 552. The van der Waals surface area contributed by atoms with Gasteiger partial charge in [0.2, 0.25) is 0 Å². The van der Waals surface area contributed by atoms with Crippen LogP contribution in [0.5, 0.6) is 0 Å². The molecule has 0 saturated heterocycles. The molecule has 0 aliphatic carbocycles. The highest BCUT2D eigenvalue weighted by Gasteiger charge is 2.06. The minimum atomic E-state index is 0.554. The molecule has 0 amide bonds. The summed E-state index contributed by atoms with van der Waals surface area (Å²) in [5.41, 5.74) is 1.82. The Morgan fingerprint density at radius 2 is 1.67 bits per heavy atom. The Hall–Kier alpha value is -0.410. The van der Waals surface area contributed by atoms with Crippen LogP contribution in [0.1, 0.15) is 5.56 Å². The first kappa shape index (κ1) is 14.0. The largest absolute Gasteiger partial charge is 0.380 e. The molecule has 2 rings (SSSR count). The molecule has 0 atom stereocenters. The summed E-state index contributed by atoms with van der Waals surface area (Å²) in [6.45, 7) is 0.554. The van der Waals surface area contributed by atoms with Gasteiger partial charge in [-0.25, -0.2) is 0 Å². The van der Waals surface area contributed by atoms with Gasteiger partial charge >= 0.3 is 0 Å². The van der Waals surface area contributed by atoms with Crippen molar-refractivity contribution in [3.8, 4) is 0 Å². The molecule has 0 fully saturated rings. The third-order valence-corrected chi connectivity index (χ3v) is 4.05. The van der Waals surface area contributed by atoms with Gasteiger partial charge in [0.05, 0.1) is 0 Å². The molecule has 2 aromatic rings. The van der Waals surface area contributed by atoms with Crippen molar-refractivity contribution >= 4 is 56.4 Å². The summed E-state index contributed by atoms with van der Waals surface area (Å²) in [6.07, 6.45) is 0. The Kier molecular flexibility index (Phi) is 4.79. The molecule has 1 N–H and O–H groups in total. The number of hydrogen-bond donors (Lipinski definition) is 1. The van der Waals surface area contributed by atoms with E-state index in [4.69, 9.17) is 34.8 Å². The highest BCUT2D eigenvalue weighted by molar-refractivity contribution is 9.10. The van der Waals surface area contributed by atoms with Gasteiger partial charge in [0.15, 0.2) is 0 Å². The number of halogens is 4. The second kappa shape index (κ2) is 6.16. The van der Waals surface area contributed by atoms with Crippen LogP contribution in [0, 0.1) is 0 Å². The van der Waals surface area contributed by atoms with E-state index in [1.54, 1.807) is 0 Å². The molecular weight excluding hydrogens is 356 g/mol. The lowest BCUT2D eigenvalue weighted by atomic mass is 10.2. The van der Waals surface area contributed by atoms with E-state index in [0.717, 1.165) is 15.7 Å². The fourth-order valence-corrected chi connectivity index (χ4v) is 2.87. The Morgan fingerprint density at radius 3 is 2.28 bits per heavy atom. The molecular formula is C13H9BrCl3N. The zero-order valence-electron chi connectivity index (χ0n) is 9.18. The van der Waals surface area contributed by atoms with Gasteiger partial charge in [-0.1, -0.05) is 40.9 Å². The number of anilines is 1. The average molecular weight is 365 g/mol. The van der Waals surface area contributed by atoms with E-state index in [-0.39, 0.29) is 0 Å². The van der Waals surface area contributed by atoms with Gasteiger partial charge in [-0.3, -0.25) is 0 Å². The molecule has 94 valence electrons. The van der Waals surface area contributed by atoms with Crippen LogP contribution in [0.25, 0.3) is 0 Å². The molecule has 0 unspecified atom stereocenters. The van der Waals surface area contributed by atoms with Gasteiger partial charge in [-0.15, -0.1) is 0 Å². The van der Waals surface area contributed by atoms with Crippen LogP contribution >= 0.6 is 50.7 Å². The van der Waals surface area contributed by atoms with Crippen LogP contribution in [-0.4, -0.2) is 0 Å². The summed E-state index contributed by atoms with van der Waals surface area (Å²) in [7, 11) is 0. The summed E-state index contributed by atoms with van der Waals surface area (Å²) < 4.78 is 0.901. The van der Waals surface area contributed by atoms with Gasteiger partial charge in [0.25, 0.3) is 0 Å². The maximum absolute atomic E-state index is 6.10. The molecule has 5 heteroatoms. The molecule has 18 heavy (non-hydrogen) atoms. The van der Waals surface area contributed by atoms with Gasteiger partial charge in [-0.2, -0.15) is 0 Å². The maximum atomic E-state index is 6.10. The third-order valence-electron chi connectivity index (χ3n) is 2.45. The molecule has 0 aromatic heterocycles. The first-order valence-electron chi connectivity index (χ1n) is 5.20. The van der Waals surface area contributed by atoms with Crippen LogP contribution in [-0.2, 0) is 6.54 Å². The highest BCUT2D eigenvalue weighted by Crippen LogP contribution is 2.29. The molecule has 0 bridgehead atoms. The molecule has 0 spiro atoms. The summed E-state index contributed by atoms with van der Waals surface area (Å²) >= 11 is 21.5. The second-order valence-corrected chi connectivity index (χ2v) is 5.78. The van der Waals surface area contributed by atoms with Crippen molar-refractivity contribution in [2.75, 3.05) is 5.32 Å². The number of rotatable bonds is 3. The minimum absolute atomic E-state index is 0.554. The van der Waals surface area contributed by atoms with Crippen LogP contribution in [0.4, 0.5) is 5.69 Å². The van der Waals surface area contributed by atoms with Crippen LogP contribution in [0.3, 0.4) is 0 Å². The third kappa shape index (κ3) is 3.33. The monoisotopic (exact) mass is 363 g/mol. The van der Waals surface area contributed by atoms with E-state index in [2.05, 4.69) is 21.2 Å². The van der Waals surface area contributed by atoms with Crippen molar-refractivity contribution in [3.63, 3.8) is 0 Å². The minimum Gasteiger partial charge on any atom is -0.380 e. The van der Waals surface area contributed by atoms with E-state index in [9.17, 15) is 0 Å². The van der Waals surface area contributed by atoms with E-state index in [0.29, 0.717) is 21.6 Å². The van der Waals surface area contributed by atoms with Crippen LogP contribution in [0.15, 0.2) is 40.9 Å². The molecule has 2 aromatic carbocycles. The van der Waals surface area contributed by atoms with Crippen molar-refractivity contribution in [1.29, 1.82) is 0 Å². The topological polar surface area (TPSA) is 12.0 Å². The summed E-state index contributed by atoms with van der Waals surface area (Å²) in [5, 5.41) is 5.25. The van der Waals surface area contributed by atoms with Crippen molar-refractivity contribution in [1.82, 2.24) is 0 Å². The Labute approximate surface area is 129 Å². The van der Waals surface area contributed by atoms with Crippen molar-refractivity contribution in [2.24, 2.45) is 0 Å².